The number of amides is 2. The average Bonchev–Trinajstić information content (AvgIpc) is 3.39. The number of carbonyl (C=O) groups is 3. The molecule has 0 spiro atoms. The smallest absolute Gasteiger partial charge is 0.335 e. The van der Waals surface area contributed by atoms with Crippen LogP contribution in [0.3, 0.4) is 0 Å². The zero-order valence-corrected chi connectivity index (χ0v) is 22.4. The summed E-state index contributed by atoms with van der Waals surface area (Å²) in [5, 5.41) is 14.6. The van der Waals surface area contributed by atoms with E-state index in [0.717, 1.165) is 29.4 Å². The molecule has 1 fully saturated rings. The van der Waals surface area contributed by atoms with Crippen molar-refractivity contribution in [3.63, 3.8) is 0 Å². The number of nitrogens with one attached hydrogen (secondary N) is 2. The molecule has 0 aromatic heterocycles. The van der Waals surface area contributed by atoms with Gasteiger partial charge in [0.1, 0.15) is 18.2 Å². The van der Waals surface area contributed by atoms with Crippen LogP contribution in [0.1, 0.15) is 28.8 Å². The second-order valence-corrected chi connectivity index (χ2v) is 9.66. The number of ether oxygens (including phenoxy) is 2. The molecule has 1 atom stereocenters. The van der Waals surface area contributed by atoms with Crippen molar-refractivity contribution in [1.29, 1.82) is 0 Å². The first-order valence-electron chi connectivity index (χ1n) is 12.1. The number of benzene rings is 3. The van der Waals surface area contributed by atoms with Gasteiger partial charge in [0.2, 0.25) is 0 Å². The van der Waals surface area contributed by atoms with Crippen molar-refractivity contribution in [3.05, 3.63) is 82.3 Å². The summed E-state index contributed by atoms with van der Waals surface area (Å²) in [5.74, 6) is 0.0752. The van der Waals surface area contributed by atoms with Crippen molar-refractivity contribution in [3.8, 4) is 11.5 Å². The lowest BCUT2D eigenvalue weighted by Crippen LogP contribution is -2.39. The molecular weight excluding hydrogens is 554 g/mol. The van der Waals surface area contributed by atoms with Crippen LogP contribution in [-0.2, 0) is 11.2 Å². The van der Waals surface area contributed by atoms with E-state index in [9.17, 15) is 14.4 Å². The number of urea groups is 1. The maximum atomic E-state index is 13.2. The molecule has 1 saturated heterocycles. The van der Waals surface area contributed by atoms with Gasteiger partial charge in [-0.1, -0.05) is 18.2 Å². The molecule has 1 aliphatic rings. The fourth-order valence-electron chi connectivity index (χ4n) is 4.30. The van der Waals surface area contributed by atoms with Crippen LogP contribution in [0.4, 0.5) is 16.2 Å². The minimum atomic E-state index is -0.995. The van der Waals surface area contributed by atoms with Gasteiger partial charge in [-0.25, -0.2) is 9.59 Å². The predicted molar refractivity (Wildman–Crippen MR) is 147 cm³/mol. The SMILES string of the molecule is COc1cc(CC(=O)[C@@H]2CCCN2COc2ccc(C(=O)O)cc2)ccc1NC(=O)Nc1ccccc1Br. The second-order valence-electron chi connectivity index (χ2n) is 8.81. The van der Waals surface area contributed by atoms with Gasteiger partial charge in [-0.3, -0.25) is 9.69 Å². The molecule has 38 heavy (non-hydrogen) atoms. The molecule has 0 aliphatic carbocycles. The number of carboxylic acid groups (broad SMARTS) is 1. The lowest BCUT2D eigenvalue weighted by molar-refractivity contribution is -0.123. The maximum Gasteiger partial charge on any atom is 0.335 e. The molecule has 1 heterocycles. The number of carbonyl (C=O) groups excluding carboxylic acids is 2. The number of rotatable bonds is 10. The van der Waals surface area contributed by atoms with Crippen LogP contribution in [0.15, 0.2) is 71.2 Å². The summed E-state index contributed by atoms with van der Waals surface area (Å²) >= 11 is 3.40. The fourth-order valence-corrected chi connectivity index (χ4v) is 4.69. The van der Waals surface area contributed by atoms with E-state index in [1.54, 1.807) is 36.4 Å². The number of aromatic carboxylic acids is 1. The number of likely N-dealkylation sites (tertiary alicyclic amines) is 1. The largest absolute Gasteiger partial charge is 0.495 e. The van der Waals surface area contributed by atoms with Crippen LogP contribution >= 0.6 is 15.9 Å². The van der Waals surface area contributed by atoms with Crippen molar-refractivity contribution in [2.45, 2.75) is 25.3 Å². The predicted octanol–water partition coefficient (Wildman–Crippen LogP) is 5.41. The highest BCUT2D eigenvalue weighted by Crippen LogP contribution is 2.28. The van der Waals surface area contributed by atoms with Gasteiger partial charge in [-0.05, 0) is 82.9 Å². The monoisotopic (exact) mass is 581 g/mol. The van der Waals surface area contributed by atoms with Gasteiger partial charge < -0.3 is 25.2 Å². The van der Waals surface area contributed by atoms with Crippen LogP contribution in [0.5, 0.6) is 11.5 Å². The Labute approximate surface area is 228 Å². The van der Waals surface area contributed by atoms with Gasteiger partial charge in [0.25, 0.3) is 0 Å². The quantitative estimate of drug-likeness (QED) is 0.293. The van der Waals surface area contributed by atoms with Gasteiger partial charge in [-0.15, -0.1) is 0 Å². The molecular formula is C28H28BrN3O6. The number of Topliss-reactive ketones (excluding diaryl/α,β-unsaturated/α-hetero) is 1. The van der Waals surface area contributed by atoms with E-state index in [-0.39, 0.29) is 30.5 Å². The first kappa shape index (κ1) is 27.2. The average molecular weight is 582 g/mol. The van der Waals surface area contributed by atoms with E-state index < -0.39 is 12.0 Å². The van der Waals surface area contributed by atoms with Crippen molar-refractivity contribution in [2.24, 2.45) is 0 Å². The van der Waals surface area contributed by atoms with Crippen LogP contribution in [0.25, 0.3) is 0 Å². The minimum Gasteiger partial charge on any atom is -0.495 e. The normalized spacial score (nSPS) is 15.1. The van der Waals surface area contributed by atoms with E-state index >= 15 is 0 Å². The molecule has 4 rings (SSSR count). The zero-order valence-electron chi connectivity index (χ0n) is 20.8. The third-order valence-corrected chi connectivity index (χ3v) is 6.94. The summed E-state index contributed by atoms with van der Waals surface area (Å²) in [4.78, 5) is 38.7. The van der Waals surface area contributed by atoms with Gasteiger partial charge in [0, 0.05) is 17.4 Å². The summed E-state index contributed by atoms with van der Waals surface area (Å²) in [6.45, 7) is 0.976. The molecule has 0 saturated carbocycles. The number of hydrogen-bond acceptors (Lipinski definition) is 6. The van der Waals surface area contributed by atoms with Crippen molar-refractivity contribution >= 4 is 45.1 Å². The van der Waals surface area contributed by atoms with Gasteiger partial charge in [0.05, 0.1) is 30.1 Å². The molecule has 1 aliphatic heterocycles. The zero-order chi connectivity index (χ0) is 27.1. The van der Waals surface area contributed by atoms with E-state index in [1.165, 1.54) is 19.2 Å². The summed E-state index contributed by atoms with van der Waals surface area (Å²) in [7, 11) is 1.51. The molecule has 0 radical (unpaired) electrons. The molecule has 10 heteroatoms. The fraction of sp³-hybridized carbons (Fsp3) is 0.250. The van der Waals surface area contributed by atoms with E-state index in [0.29, 0.717) is 22.9 Å². The van der Waals surface area contributed by atoms with Gasteiger partial charge in [0.15, 0.2) is 5.78 Å². The Morgan fingerprint density at radius 2 is 1.76 bits per heavy atom. The maximum absolute atomic E-state index is 13.2. The van der Waals surface area contributed by atoms with Crippen molar-refractivity contribution < 1.29 is 29.0 Å². The van der Waals surface area contributed by atoms with Crippen LogP contribution in [0, 0.1) is 0 Å². The van der Waals surface area contributed by atoms with Crippen molar-refractivity contribution in [2.75, 3.05) is 31.0 Å². The molecule has 9 nitrogen and oxygen atoms in total. The molecule has 3 aromatic carbocycles. The molecule has 198 valence electrons. The molecule has 2 amide bonds. The molecule has 0 unspecified atom stereocenters. The Hall–Kier alpha value is -3.89. The Bertz CT molecular complexity index is 1310. The third kappa shape index (κ3) is 6.90. The molecule has 0 bridgehead atoms. The Kier molecular flexibility index (Phi) is 8.98. The lowest BCUT2D eigenvalue weighted by atomic mass is 10.0. The second kappa shape index (κ2) is 12.6. The Morgan fingerprint density at radius 1 is 1.03 bits per heavy atom. The highest BCUT2D eigenvalue weighted by molar-refractivity contribution is 9.10. The summed E-state index contributed by atoms with van der Waals surface area (Å²) in [6, 6.07) is 18.1. The number of ketones is 1. The van der Waals surface area contributed by atoms with Crippen LogP contribution < -0.4 is 20.1 Å². The number of halogens is 1. The number of para-hydroxylation sites is 1. The number of nitrogens with zero attached hydrogens (tertiary/aromatic N) is 1. The standard InChI is InChI=1S/C28H28BrN3O6/c1-37-26-16-18(8-13-23(26)31-28(36)30-22-6-3-2-5-21(22)29)15-25(33)24-7-4-14-32(24)17-38-20-11-9-19(10-12-20)27(34)35/h2-3,5-6,8-13,16,24H,4,7,14-15,17H2,1H3,(H,34,35)(H2,30,31,36)/t24-/m0/s1. The van der Waals surface area contributed by atoms with Crippen LogP contribution in [-0.4, -0.2) is 54.2 Å². The summed E-state index contributed by atoms with van der Waals surface area (Å²) in [6.07, 6.45) is 1.84. The van der Waals surface area contributed by atoms with E-state index in [4.69, 9.17) is 14.6 Å². The summed E-state index contributed by atoms with van der Waals surface area (Å²) < 4.78 is 12.0. The Morgan fingerprint density at radius 3 is 2.47 bits per heavy atom. The third-order valence-electron chi connectivity index (χ3n) is 6.25. The first-order chi connectivity index (χ1) is 18.3. The number of carboxylic acids is 1. The number of hydrogen-bond donors (Lipinski definition) is 3. The van der Waals surface area contributed by atoms with Gasteiger partial charge in [-0.2, -0.15) is 0 Å². The topological polar surface area (TPSA) is 117 Å². The van der Waals surface area contributed by atoms with Crippen LogP contribution in [0.2, 0.25) is 0 Å². The molecule has 3 N–H and O–H groups in total. The van der Waals surface area contributed by atoms with E-state index in [1.807, 2.05) is 23.1 Å². The highest BCUT2D eigenvalue weighted by Gasteiger charge is 2.31. The summed E-state index contributed by atoms with van der Waals surface area (Å²) in [5.41, 5.74) is 2.08. The number of methoxy groups -OCH3 is 1. The highest BCUT2D eigenvalue weighted by atomic mass is 79.9. The molecule has 3 aromatic rings. The first-order valence-corrected chi connectivity index (χ1v) is 12.9. The lowest BCUT2D eigenvalue weighted by Gasteiger charge is -2.23. The van der Waals surface area contributed by atoms with Crippen molar-refractivity contribution in [1.82, 2.24) is 4.90 Å². The van der Waals surface area contributed by atoms with E-state index in [2.05, 4.69) is 26.6 Å². The minimum absolute atomic E-state index is 0.0711. The Balaban J connectivity index is 1.34. The van der Waals surface area contributed by atoms with Gasteiger partial charge >= 0.3 is 12.0 Å². The number of anilines is 2.